The van der Waals surface area contributed by atoms with Gasteiger partial charge in [-0.15, -0.1) is 0 Å². The maximum Gasteiger partial charge on any atom is 0.308 e. The number of carboxylic acid groups (broad SMARTS) is 1. The van der Waals surface area contributed by atoms with Crippen molar-refractivity contribution >= 4 is 11.8 Å². The summed E-state index contributed by atoms with van der Waals surface area (Å²) in [4.78, 5) is 10.6. The lowest BCUT2D eigenvalue weighted by molar-refractivity contribution is -0.136. The lowest BCUT2D eigenvalue weighted by Gasteiger charge is -2.02. The molecule has 0 bridgehead atoms. The Balaban J connectivity index is 3.16. The average Bonchev–Trinajstić information content (AvgIpc) is 2.32. The summed E-state index contributed by atoms with van der Waals surface area (Å²) in [6.07, 6.45) is -0.0623. The first-order valence-electron chi connectivity index (χ1n) is 4.46. The monoisotopic (exact) mass is 197 g/mol. The van der Waals surface area contributed by atoms with Gasteiger partial charge in [0.1, 0.15) is 5.82 Å². The number of nitrogen functional groups attached to an aromatic ring is 1. The van der Waals surface area contributed by atoms with Crippen molar-refractivity contribution in [1.29, 1.82) is 0 Å². The first-order chi connectivity index (χ1) is 6.43. The second-order valence-corrected chi connectivity index (χ2v) is 3.60. The third-order valence-electron chi connectivity index (χ3n) is 2.10. The van der Waals surface area contributed by atoms with Crippen molar-refractivity contribution in [3.63, 3.8) is 0 Å². The Labute approximate surface area is 82.5 Å². The third kappa shape index (κ3) is 1.86. The van der Waals surface area contributed by atoms with Crippen LogP contribution in [0.25, 0.3) is 0 Å². The van der Waals surface area contributed by atoms with Crippen molar-refractivity contribution in [3.05, 3.63) is 11.3 Å². The Morgan fingerprint density at radius 3 is 2.64 bits per heavy atom. The van der Waals surface area contributed by atoms with Crippen molar-refractivity contribution in [3.8, 4) is 0 Å². The van der Waals surface area contributed by atoms with Gasteiger partial charge in [0.25, 0.3) is 0 Å². The lowest BCUT2D eigenvalue weighted by Crippen LogP contribution is -2.06. The summed E-state index contributed by atoms with van der Waals surface area (Å²) in [6.45, 7) is 3.93. The fraction of sp³-hybridized carbons (Fsp3) is 0.556. The fourth-order valence-corrected chi connectivity index (χ4v) is 1.40. The number of nitrogens with zero attached hydrogens (tertiary/aromatic N) is 2. The molecule has 78 valence electrons. The molecule has 1 rings (SSSR count). The second kappa shape index (κ2) is 3.69. The van der Waals surface area contributed by atoms with Crippen molar-refractivity contribution in [2.75, 3.05) is 5.73 Å². The summed E-state index contributed by atoms with van der Waals surface area (Å²) in [5.74, 6) is -0.254. The number of carboxylic acids is 1. The van der Waals surface area contributed by atoms with E-state index in [-0.39, 0.29) is 12.3 Å². The van der Waals surface area contributed by atoms with Crippen LogP contribution in [0.1, 0.15) is 31.0 Å². The molecule has 0 radical (unpaired) electrons. The van der Waals surface area contributed by atoms with Crippen molar-refractivity contribution in [2.45, 2.75) is 26.2 Å². The molecule has 0 saturated carbocycles. The molecule has 0 saturated heterocycles. The van der Waals surface area contributed by atoms with Crippen LogP contribution in [0.3, 0.4) is 0 Å². The maximum absolute atomic E-state index is 10.6. The molecule has 3 N–H and O–H groups in total. The van der Waals surface area contributed by atoms with Crippen LogP contribution in [-0.4, -0.2) is 20.9 Å². The first kappa shape index (κ1) is 10.6. The molecule has 0 amide bonds. The van der Waals surface area contributed by atoms with Gasteiger partial charge in [0.15, 0.2) is 0 Å². The molecule has 0 atom stereocenters. The normalized spacial score (nSPS) is 10.9. The predicted molar refractivity (Wildman–Crippen MR) is 53.0 cm³/mol. The predicted octanol–water partition coefficient (Wildman–Crippen LogP) is 0.753. The second-order valence-electron chi connectivity index (χ2n) is 3.60. The van der Waals surface area contributed by atoms with Crippen molar-refractivity contribution < 1.29 is 9.90 Å². The molecule has 1 aromatic heterocycles. The minimum Gasteiger partial charge on any atom is -0.481 e. The number of nitrogens with two attached hydrogens (primary N) is 1. The van der Waals surface area contributed by atoms with Gasteiger partial charge >= 0.3 is 5.97 Å². The zero-order valence-corrected chi connectivity index (χ0v) is 8.61. The van der Waals surface area contributed by atoms with E-state index < -0.39 is 5.97 Å². The van der Waals surface area contributed by atoms with E-state index in [4.69, 9.17) is 10.8 Å². The molecule has 1 aromatic rings. The van der Waals surface area contributed by atoms with Crippen LogP contribution in [0.2, 0.25) is 0 Å². The van der Waals surface area contributed by atoms with E-state index in [0.29, 0.717) is 11.4 Å². The van der Waals surface area contributed by atoms with E-state index >= 15 is 0 Å². The summed E-state index contributed by atoms with van der Waals surface area (Å²) >= 11 is 0. The zero-order valence-electron chi connectivity index (χ0n) is 8.61. The summed E-state index contributed by atoms with van der Waals surface area (Å²) < 4.78 is 1.52. The van der Waals surface area contributed by atoms with Crippen molar-refractivity contribution in [2.24, 2.45) is 7.05 Å². The Morgan fingerprint density at radius 1 is 1.64 bits per heavy atom. The molecule has 0 aliphatic heterocycles. The molecule has 0 unspecified atom stereocenters. The molecular weight excluding hydrogens is 182 g/mol. The number of aliphatic carboxylic acids is 1. The quantitative estimate of drug-likeness (QED) is 0.749. The highest BCUT2D eigenvalue weighted by molar-refractivity contribution is 5.73. The summed E-state index contributed by atoms with van der Waals surface area (Å²) in [5.41, 5.74) is 7.13. The highest BCUT2D eigenvalue weighted by Crippen LogP contribution is 2.23. The standard InChI is InChI=1S/C9H15N3O2/c1-5(2)8-6(4-7(13)14)9(10)12(3)11-8/h5H,4,10H2,1-3H3,(H,13,14). The Kier molecular flexibility index (Phi) is 2.78. The molecule has 14 heavy (non-hydrogen) atoms. The smallest absolute Gasteiger partial charge is 0.308 e. The van der Waals surface area contributed by atoms with E-state index in [0.717, 1.165) is 5.69 Å². The number of aromatic nitrogens is 2. The first-order valence-corrected chi connectivity index (χ1v) is 4.46. The molecule has 0 aromatic carbocycles. The van der Waals surface area contributed by atoms with Gasteiger partial charge in [0, 0.05) is 12.6 Å². The number of carbonyl (C=O) groups is 1. The SMILES string of the molecule is CC(C)c1nn(C)c(N)c1CC(=O)O. The van der Waals surface area contributed by atoms with Gasteiger partial charge in [-0.2, -0.15) is 5.10 Å². The van der Waals surface area contributed by atoms with Gasteiger partial charge in [-0.1, -0.05) is 13.8 Å². The maximum atomic E-state index is 10.6. The molecule has 0 aliphatic rings. The summed E-state index contributed by atoms with van der Waals surface area (Å²) in [5, 5.41) is 12.9. The van der Waals surface area contributed by atoms with Crippen LogP contribution < -0.4 is 5.73 Å². The zero-order chi connectivity index (χ0) is 10.9. The fourth-order valence-electron chi connectivity index (χ4n) is 1.40. The van der Waals surface area contributed by atoms with Gasteiger partial charge < -0.3 is 10.8 Å². The van der Waals surface area contributed by atoms with Crippen molar-refractivity contribution in [1.82, 2.24) is 9.78 Å². The number of hydrogen-bond donors (Lipinski definition) is 2. The van der Waals surface area contributed by atoms with Gasteiger partial charge in [0.05, 0.1) is 12.1 Å². The van der Waals surface area contributed by atoms with Crippen LogP contribution in [-0.2, 0) is 18.3 Å². The highest BCUT2D eigenvalue weighted by Gasteiger charge is 2.18. The Morgan fingerprint density at radius 2 is 2.21 bits per heavy atom. The molecule has 5 nitrogen and oxygen atoms in total. The summed E-state index contributed by atoms with van der Waals surface area (Å²) in [7, 11) is 1.71. The van der Waals surface area contributed by atoms with E-state index in [9.17, 15) is 4.79 Å². The minimum atomic E-state index is -0.883. The highest BCUT2D eigenvalue weighted by atomic mass is 16.4. The van der Waals surface area contributed by atoms with Crippen LogP contribution in [0.5, 0.6) is 0 Å². The van der Waals surface area contributed by atoms with Crippen LogP contribution in [0.15, 0.2) is 0 Å². The number of hydrogen-bond acceptors (Lipinski definition) is 3. The Hall–Kier alpha value is -1.52. The van der Waals surface area contributed by atoms with Gasteiger partial charge in [-0.05, 0) is 5.92 Å². The summed E-state index contributed by atoms with van der Waals surface area (Å²) in [6, 6.07) is 0. The molecule has 5 heteroatoms. The number of aryl methyl sites for hydroxylation is 1. The molecule has 1 heterocycles. The Bertz CT molecular complexity index is 355. The topological polar surface area (TPSA) is 81.1 Å². The molecule has 0 aliphatic carbocycles. The lowest BCUT2D eigenvalue weighted by atomic mass is 10.0. The molecule has 0 spiro atoms. The van der Waals surface area contributed by atoms with Crippen LogP contribution in [0.4, 0.5) is 5.82 Å². The average molecular weight is 197 g/mol. The van der Waals surface area contributed by atoms with Gasteiger partial charge in [0.2, 0.25) is 0 Å². The number of anilines is 1. The van der Waals surface area contributed by atoms with Crippen LogP contribution >= 0.6 is 0 Å². The van der Waals surface area contributed by atoms with E-state index in [1.807, 2.05) is 13.8 Å². The van der Waals surface area contributed by atoms with E-state index in [1.54, 1.807) is 7.05 Å². The van der Waals surface area contributed by atoms with Crippen LogP contribution in [0, 0.1) is 0 Å². The molecular formula is C9H15N3O2. The third-order valence-corrected chi connectivity index (χ3v) is 2.10. The van der Waals surface area contributed by atoms with E-state index in [1.165, 1.54) is 4.68 Å². The van der Waals surface area contributed by atoms with Gasteiger partial charge in [-0.3, -0.25) is 9.48 Å². The largest absolute Gasteiger partial charge is 0.481 e. The minimum absolute atomic E-state index is 0.0623. The molecule has 0 fully saturated rings. The van der Waals surface area contributed by atoms with Gasteiger partial charge in [-0.25, -0.2) is 0 Å². The number of rotatable bonds is 3. The van der Waals surface area contributed by atoms with E-state index in [2.05, 4.69) is 5.10 Å².